The summed E-state index contributed by atoms with van der Waals surface area (Å²) in [5.41, 5.74) is 6.05. The molecule has 0 saturated heterocycles. The van der Waals surface area contributed by atoms with Gasteiger partial charge in [-0.3, -0.25) is 9.97 Å². The normalized spacial score (nSPS) is 12.0. The summed E-state index contributed by atoms with van der Waals surface area (Å²) in [6.45, 7) is 0. The Hall–Kier alpha value is -6.20. The molecule has 0 fully saturated rings. The molecular weight excluding hydrogens is 554 g/mol. The zero-order valence-electron chi connectivity index (χ0n) is 23.9. The lowest BCUT2D eigenvalue weighted by Gasteiger charge is -2.26. The quantitative estimate of drug-likeness (QED) is 0.196. The van der Waals surface area contributed by atoms with Crippen LogP contribution < -0.4 is 4.90 Å². The molecule has 4 heterocycles. The van der Waals surface area contributed by atoms with Gasteiger partial charge in [0.2, 0.25) is 0 Å². The molecule has 10 rings (SSSR count). The van der Waals surface area contributed by atoms with Crippen molar-refractivity contribution in [2.45, 2.75) is 0 Å². The van der Waals surface area contributed by atoms with Gasteiger partial charge in [-0.2, -0.15) is 0 Å². The van der Waals surface area contributed by atoms with Gasteiger partial charge < -0.3 is 13.7 Å². The zero-order chi connectivity index (χ0) is 29.5. The van der Waals surface area contributed by atoms with E-state index < -0.39 is 0 Å². The third-order valence-electron chi connectivity index (χ3n) is 8.99. The Morgan fingerprint density at radius 1 is 0.444 bits per heavy atom. The highest BCUT2D eigenvalue weighted by atomic mass is 16.3. The van der Waals surface area contributed by atoms with Gasteiger partial charge in [0, 0.05) is 45.3 Å². The average molecular weight is 578 g/mol. The first-order valence-electron chi connectivity index (χ1n) is 15.0. The lowest BCUT2D eigenvalue weighted by molar-refractivity contribution is 0.667. The van der Waals surface area contributed by atoms with E-state index in [1.165, 1.54) is 32.3 Å². The lowest BCUT2D eigenvalue weighted by Crippen LogP contribution is -2.10. The van der Waals surface area contributed by atoms with Crippen LogP contribution in [0.2, 0.25) is 0 Å². The van der Waals surface area contributed by atoms with Crippen molar-refractivity contribution >= 4 is 93.3 Å². The number of anilines is 3. The Labute approximate surface area is 256 Å². The molecule has 6 aromatic carbocycles. The second kappa shape index (κ2) is 9.15. The first kappa shape index (κ1) is 24.3. The van der Waals surface area contributed by atoms with Crippen molar-refractivity contribution in [1.82, 2.24) is 9.97 Å². The minimum absolute atomic E-state index is 0.765. The van der Waals surface area contributed by atoms with Gasteiger partial charge in [0.25, 0.3) is 0 Å². The van der Waals surface area contributed by atoms with E-state index in [9.17, 15) is 0 Å². The fraction of sp³-hybridized carbons (Fsp3) is 0. The van der Waals surface area contributed by atoms with Gasteiger partial charge in [-0.1, -0.05) is 72.8 Å². The Kier molecular flexibility index (Phi) is 4.93. The summed E-state index contributed by atoms with van der Waals surface area (Å²) in [5.74, 6) is 0. The predicted octanol–water partition coefficient (Wildman–Crippen LogP) is 11.2. The molecule has 0 aliphatic carbocycles. The van der Waals surface area contributed by atoms with Crippen molar-refractivity contribution in [3.05, 3.63) is 140 Å². The number of benzene rings is 6. The second-order valence-corrected chi connectivity index (χ2v) is 11.5. The van der Waals surface area contributed by atoms with Crippen molar-refractivity contribution in [2.24, 2.45) is 0 Å². The molecule has 0 amide bonds. The number of hydrogen-bond donors (Lipinski definition) is 0. The maximum Gasteiger partial charge on any atom is 0.162 e. The van der Waals surface area contributed by atoms with Crippen molar-refractivity contribution in [3.63, 3.8) is 0 Å². The van der Waals surface area contributed by atoms with E-state index in [1.54, 1.807) is 12.4 Å². The van der Waals surface area contributed by atoms with Crippen LogP contribution in [0.3, 0.4) is 0 Å². The molecule has 0 spiro atoms. The molecule has 0 bridgehead atoms. The van der Waals surface area contributed by atoms with E-state index in [0.29, 0.717) is 0 Å². The van der Waals surface area contributed by atoms with Crippen LogP contribution in [-0.4, -0.2) is 9.97 Å². The molecule has 0 aliphatic heterocycles. The number of hydrogen-bond acceptors (Lipinski definition) is 5. The molecule has 0 saturated carbocycles. The summed E-state index contributed by atoms with van der Waals surface area (Å²) in [5, 5.41) is 11.4. The fourth-order valence-electron chi connectivity index (χ4n) is 6.92. The highest BCUT2D eigenvalue weighted by Crippen LogP contribution is 2.44. The van der Waals surface area contributed by atoms with E-state index >= 15 is 0 Å². The zero-order valence-corrected chi connectivity index (χ0v) is 23.9. The van der Waals surface area contributed by atoms with Gasteiger partial charge in [-0.25, -0.2) is 0 Å². The molecule has 0 atom stereocenters. The summed E-state index contributed by atoms with van der Waals surface area (Å²) in [4.78, 5) is 11.3. The number of pyridine rings is 2. The first-order valence-corrected chi connectivity index (χ1v) is 15.0. The molecule has 0 N–H and O–H groups in total. The van der Waals surface area contributed by atoms with Crippen LogP contribution in [0.5, 0.6) is 0 Å². The third kappa shape index (κ3) is 3.55. The summed E-state index contributed by atoms with van der Waals surface area (Å²) < 4.78 is 12.7. The Balaban J connectivity index is 1.30. The molecule has 210 valence electrons. The summed E-state index contributed by atoms with van der Waals surface area (Å²) in [6.07, 6.45) is 7.36. The van der Waals surface area contributed by atoms with Crippen molar-refractivity contribution in [3.8, 4) is 0 Å². The Bertz CT molecular complexity index is 2790. The maximum absolute atomic E-state index is 6.56. The van der Waals surface area contributed by atoms with E-state index in [2.05, 4.69) is 94.8 Å². The fourth-order valence-corrected chi connectivity index (χ4v) is 6.92. The number of aromatic nitrogens is 2. The van der Waals surface area contributed by atoms with Gasteiger partial charge in [-0.15, -0.1) is 0 Å². The minimum Gasteiger partial charge on any atom is -0.454 e. The van der Waals surface area contributed by atoms with Crippen molar-refractivity contribution in [2.75, 3.05) is 4.90 Å². The molecule has 0 radical (unpaired) electrons. The van der Waals surface area contributed by atoms with E-state index in [4.69, 9.17) is 13.8 Å². The highest BCUT2D eigenvalue weighted by molar-refractivity contribution is 6.21. The molecule has 5 heteroatoms. The number of para-hydroxylation sites is 1. The average Bonchev–Trinajstić information content (AvgIpc) is 3.67. The smallest absolute Gasteiger partial charge is 0.162 e. The largest absolute Gasteiger partial charge is 0.454 e. The molecule has 10 aromatic rings. The van der Waals surface area contributed by atoms with Gasteiger partial charge in [0.1, 0.15) is 16.9 Å². The third-order valence-corrected chi connectivity index (χ3v) is 8.99. The van der Waals surface area contributed by atoms with Gasteiger partial charge in [0.15, 0.2) is 11.2 Å². The minimum atomic E-state index is 0.765. The maximum atomic E-state index is 6.56. The molecular formula is C40H23N3O2. The molecule has 4 aromatic heterocycles. The van der Waals surface area contributed by atoms with E-state index in [-0.39, 0.29) is 0 Å². The Morgan fingerprint density at radius 3 is 2.04 bits per heavy atom. The standard InChI is InChI=1S/C40H23N3O2/c1-2-6-29-24(5-1)9-11-26-12-10-25-13-14-27(19-32(25)39(26)29)43(28-15-16-37-33(20-28)31-17-18-41-23-38(31)44-37)35-22-42-21-34-30-7-3-4-8-36(30)45-40(34)35/h1-23H. The van der Waals surface area contributed by atoms with Crippen molar-refractivity contribution in [1.29, 1.82) is 0 Å². The first-order chi connectivity index (χ1) is 22.3. The topological polar surface area (TPSA) is 55.3 Å². The molecule has 0 unspecified atom stereocenters. The number of fused-ring (bicyclic) bond motifs is 11. The van der Waals surface area contributed by atoms with Crippen molar-refractivity contribution < 1.29 is 8.83 Å². The van der Waals surface area contributed by atoms with E-state index in [1.807, 2.05) is 42.7 Å². The van der Waals surface area contributed by atoms with E-state index in [0.717, 1.165) is 60.9 Å². The summed E-state index contributed by atoms with van der Waals surface area (Å²) in [6, 6.07) is 40.6. The van der Waals surface area contributed by atoms with Crippen LogP contribution in [0.1, 0.15) is 0 Å². The number of nitrogens with zero attached hydrogens (tertiary/aromatic N) is 3. The predicted molar refractivity (Wildman–Crippen MR) is 184 cm³/mol. The van der Waals surface area contributed by atoms with Gasteiger partial charge in [0.05, 0.1) is 12.4 Å². The van der Waals surface area contributed by atoms with Crippen LogP contribution >= 0.6 is 0 Å². The number of rotatable bonds is 3. The monoisotopic (exact) mass is 577 g/mol. The van der Waals surface area contributed by atoms with Crippen LogP contribution in [0.25, 0.3) is 76.2 Å². The van der Waals surface area contributed by atoms with Gasteiger partial charge >= 0.3 is 0 Å². The molecule has 5 nitrogen and oxygen atoms in total. The van der Waals surface area contributed by atoms with Crippen LogP contribution in [0, 0.1) is 0 Å². The van der Waals surface area contributed by atoms with Gasteiger partial charge in [-0.05, 0) is 74.8 Å². The summed E-state index contributed by atoms with van der Waals surface area (Å²) in [7, 11) is 0. The SMILES string of the molecule is c1ccc2c(c1)ccc1ccc3ccc(N(c4ccc5oc6cnccc6c5c4)c4cncc5c4oc4ccccc45)cc3c12. The summed E-state index contributed by atoms with van der Waals surface area (Å²) >= 11 is 0. The second-order valence-electron chi connectivity index (χ2n) is 11.5. The van der Waals surface area contributed by atoms with Crippen LogP contribution in [0.4, 0.5) is 17.1 Å². The number of furan rings is 2. The van der Waals surface area contributed by atoms with Crippen LogP contribution in [-0.2, 0) is 0 Å². The lowest BCUT2D eigenvalue weighted by atomic mass is 9.96. The molecule has 45 heavy (non-hydrogen) atoms. The molecule has 0 aliphatic rings. The Morgan fingerprint density at radius 2 is 1.13 bits per heavy atom. The highest BCUT2D eigenvalue weighted by Gasteiger charge is 2.22. The van der Waals surface area contributed by atoms with Crippen LogP contribution in [0.15, 0.2) is 149 Å².